The molecule has 0 aliphatic heterocycles. The van der Waals surface area contributed by atoms with E-state index in [-0.39, 0.29) is 0 Å². The van der Waals surface area contributed by atoms with Crippen LogP contribution in [0.5, 0.6) is 23.0 Å². The van der Waals surface area contributed by atoms with Crippen LogP contribution in [0, 0.1) is 0 Å². The van der Waals surface area contributed by atoms with Crippen molar-refractivity contribution < 1.29 is 18.9 Å². The van der Waals surface area contributed by atoms with Gasteiger partial charge < -0.3 is 18.9 Å². The molecule has 0 saturated heterocycles. The summed E-state index contributed by atoms with van der Waals surface area (Å²) >= 11 is 0. The van der Waals surface area contributed by atoms with Gasteiger partial charge in [0.25, 0.3) is 0 Å². The van der Waals surface area contributed by atoms with Crippen LogP contribution in [0.3, 0.4) is 0 Å². The molecule has 254 valence electrons. The Morgan fingerprint density at radius 2 is 0.640 bits per heavy atom. The summed E-state index contributed by atoms with van der Waals surface area (Å²) in [5.41, 5.74) is 7.25. The first kappa shape index (κ1) is 36.4. The van der Waals surface area contributed by atoms with E-state index in [4.69, 9.17) is 18.9 Å². The lowest BCUT2D eigenvalue weighted by Crippen LogP contribution is -1.91. The van der Waals surface area contributed by atoms with Gasteiger partial charge in [0, 0.05) is 61.4 Å². The lowest BCUT2D eigenvalue weighted by Gasteiger charge is -2.04. The molecular formula is C40H40N6O4. The molecule has 0 atom stereocenters. The van der Waals surface area contributed by atoms with Gasteiger partial charge in [0.1, 0.15) is 23.0 Å². The van der Waals surface area contributed by atoms with Crippen molar-refractivity contribution in [1.82, 2.24) is 29.9 Å². The molecule has 6 rings (SSSR count). The predicted molar refractivity (Wildman–Crippen MR) is 196 cm³/mol. The zero-order chi connectivity index (χ0) is 35.6. The zero-order valence-electron chi connectivity index (χ0n) is 28.7. The topological polar surface area (TPSA) is 114 Å². The first-order valence-electron chi connectivity index (χ1n) is 15.6. The molecule has 0 aromatic carbocycles. The van der Waals surface area contributed by atoms with E-state index < -0.39 is 0 Å². The lowest BCUT2D eigenvalue weighted by molar-refractivity contribution is 0.413. The Labute approximate surface area is 293 Å². The highest BCUT2D eigenvalue weighted by atomic mass is 16.5. The van der Waals surface area contributed by atoms with Crippen LogP contribution in [-0.4, -0.2) is 58.3 Å². The maximum atomic E-state index is 5.13. The van der Waals surface area contributed by atoms with Crippen molar-refractivity contribution in [2.45, 2.75) is 12.8 Å². The van der Waals surface area contributed by atoms with Gasteiger partial charge in [-0.15, -0.1) is 13.2 Å². The summed E-state index contributed by atoms with van der Waals surface area (Å²) < 4.78 is 20.5. The largest absolute Gasteiger partial charge is 0.497 e. The van der Waals surface area contributed by atoms with Gasteiger partial charge in [-0.25, -0.2) is 0 Å². The van der Waals surface area contributed by atoms with Gasteiger partial charge in [-0.2, -0.15) is 0 Å². The minimum Gasteiger partial charge on any atom is -0.497 e. The molecular weight excluding hydrogens is 628 g/mol. The highest BCUT2D eigenvalue weighted by molar-refractivity contribution is 5.59. The molecule has 0 aliphatic rings. The molecule has 0 radical (unpaired) electrons. The Balaban J connectivity index is 0.000000169. The van der Waals surface area contributed by atoms with Crippen molar-refractivity contribution in [2.75, 3.05) is 28.4 Å². The molecule has 0 unspecified atom stereocenters. The number of pyridine rings is 6. The highest BCUT2D eigenvalue weighted by Crippen LogP contribution is 2.24. The van der Waals surface area contributed by atoms with E-state index in [0.717, 1.165) is 70.0 Å². The molecule has 6 aromatic heterocycles. The van der Waals surface area contributed by atoms with Crippen LogP contribution in [-0.2, 0) is 12.8 Å². The van der Waals surface area contributed by atoms with Crippen LogP contribution in [0.4, 0.5) is 0 Å². The van der Waals surface area contributed by atoms with Crippen LogP contribution in [0.25, 0.3) is 34.2 Å². The SMILES string of the molecule is C=CCc1ccnc(-c2cc(CC=C)ccn2)c1.COc1ccnc(-c2cc(OC)ccn2)c1.COc1ccnc(-c2cc(OC)ccn2)c1. The van der Waals surface area contributed by atoms with Gasteiger partial charge >= 0.3 is 0 Å². The maximum absolute atomic E-state index is 5.13. The van der Waals surface area contributed by atoms with Crippen LogP contribution < -0.4 is 18.9 Å². The third-order valence-corrected chi connectivity index (χ3v) is 7.06. The Kier molecular flexibility index (Phi) is 14.1. The van der Waals surface area contributed by atoms with Gasteiger partial charge in [-0.1, -0.05) is 12.2 Å². The molecule has 0 fully saturated rings. The highest BCUT2D eigenvalue weighted by Gasteiger charge is 2.06. The Morgan fingerprint density at radius 3 is 0.880 bits per heavy atom. The van der Waals surface area contributed by atoms with E-state index in [9.17, 15) is 0 Å². The number of ether oxygens (including phenoxy) is 4. The molecule has 0 bridgehead atoms. The van der Waals surface area contributed by atoms with E-state index >= 15 is 0 Å². The maximum Gasteiger partial charge on any atom is 0.122 e. The first-order chi connectivity index (χ1) is 24.5. The summed E-state index contributed by atoms with van der Waals surface area (Å²) in [7, 11) is 6.49. The number of hydrogen-bond acceptors (Lipinski definition) is 10. The number of nitrogens with zero attached hydrogens (tertiary/aromatic N) is 6. The number of aromatic nitrogens is 6. The number of rotatable bonds is 11. The third kappa shape index (κ3) is 10.8. The average Bonchev–Trinajstić information content (AvgIpc) is 3.19. The first-order valence-corrected chi connectivity index (χ1v) is 15.6. The normalized spacial score (nSPS) is 9.92. The van der Waals surface area contributed by atoms with Crippen molar-refractivity contribution in [2.24, 2.45) is 0 Å². The molecule has 10 nitrogen and oxygen atoms in total. The second-order valence-electron chi connectivity index (χ2n) is 10.4. The minimum atomic E-state index is 0.759. The number of methoxy groups -OCH3 is 4. The molecule has 0 spiro atoms. The van der Waals surface area contributed by atoms with Gasteiger partial charge in [0.2, 0.25) is 0 Å². The second-order valence-corrected chi connectivity index (χ2v) is 10.4. The van der Waals surface area contributed by atoms with E-state index in [0.29, 0.717) is 0 Å². The van der Waals surface area contributed by atoms with Gasteiger partial charge in [0.05, 0.1) is 62.6 Å². The predicted octanol–water partition coefficient (Wildman–Crippen LogP) is 7.92. The third-order valence-electron chi connectivity index (χ3n) is 7.06. The van der Waals surface area contributed by atoms with Crippen molar-refractivity contribution in [3.05, 3.63) is 146 Å². The fraction of sp³-hybridized carbons (Fsp3) is 0.150. The molecule has 50 heavy (non-hydrogen) atoms. The monoisotopic (exact) mass is 668 g/mol. The fourth-order valence-corrected chi connectivity index (χ4v) is 4.53. The van der Waals surface area contributed by atoms with Crippen LogP contribution in [0.2, 0.25) is 0 Å². The number of hydrogen-bond donors (Lipinski definition) is 0. The molecule has 0 aliphatic carbocycles. The van der Waals surface area contributed by atoms with Gasteiger partial charge in [-0.3, -0.25) is 29.9 Å². The van der Waals surface area contributed by atoms with E-state index in [1.807, 2.05) is 60.9 Å². The van der Waals surface area contributed by atoms with Crippen molar-refractivity contribution in [3.63, 3.8) is 0 Å². The Bertz CT molecular complexity index is 1750. The number of allylic oxidation sites excluding steroid dienone is 2. The summed E-state index contributed by atoms with van der Waals surface area (Å²) in [5, 5.41) is 0. The standard InChI is InChI=1S/C16H16N2.2C12H12N2O2/c1-3-5-13-7-9-17-15(11-13)16-12-14(6-4-2)8-10-18-16;2*1-15-9-3-5-13-11(7-9)12-8-10(16-2)4-6-14-12/h3-4,7-12H,1-2,5-6H2;2*3-8H,1-2H3. The zero-order valence-corrected chi connectivity index (χ0v) is 28.7. The van der Waals surface area contributed by atoms with Crippen LogP contribution in [0.1, 0.15) is 11.1 Å². The van der Waals surface area contributed by atoms with Crippen LogP contribution >= 0.6 is 0 Å². The smallest absolute Gasteiger partial charge is 0.122 e. The molecule has 6 aromatic rings. The summed E-state index contributed by atoms with van der Waals surface area (Å²) in [6, 6.07) is 22.6. The summed E-state index contributed by atoms with van der Waals surface area (Å²) in [6.07, 6.45) is 15.9. The quantitative estimate of drug-likeness (QED) is 0.126. The fourth-order valence-electron chi connectivity index (χ4n) is 4.53. The van der Waals surface area contributed by atoms with Crippen molar-refractivity contribution in [1.29, 1.82) is 0 Å². The molecule has 0 saturated carbocycles. The van der Waals surface area contributed by atoms with Crippen molar-refractivity contribution in [3.8, 4) is 57.2 Å². The minimum absolute atomic E-state index is 0.759. The molecule has 0 N–H and O–H groups in total. The molecule has 0 amide bonds. The lowest BCUT2D eigenvalue weighted by atomic mass is 10.1. The summed E-state index contributed by atoms with van der Waals surface area (Å²) in [5.74, 6) is 3.04. The van der Waals surface area contributed by atoms with E-state index in [1.165, 1.54) is 11.1 Å². The molecule has 6 heterocycles. The van der Waals surface area contributed by atoms with Gasteiger partial charge in [0.15, 0.2) is 0 Å². The average molecular weight is 669 g/mol. The van der Waals surface area contributed by atoms with E-state index in [1.54, 1.807) is 77.5 Å². The molecule has 10 heteroatoms. The van der Waals surface area contributed by atoms with E-state index in [2.05, 4.69) is 55.2 Å². The summed E-state index contributed by atoms with van der Waals surface area (Å²) in [6.45, 7) is 7.50. The van der Waals surface area contributed by atoms with Crippen LogP contribution in [0.15, 0.2) is 135 Å². The van der Waals surface area contributed by atoms with Crippen molar-refractivity contribution >= 4 is 0 Å². The van der Waals surface area contributed by atoms with Gasteiger partial charge in [-0.05, 0) is 72.5 Å². The summed E-state index contributed by atoms with van der Waals surface area (Å²) in [4.78, 5) is 25.7. The Hall–Kier alpha value is -6.42. The second kappa shape index (κ2) is 19.4. The Morgan fingerprint density at radius 1 is 0.400 bits per heavy atom.